The summed E-state index contributed by atoms with van der Waals surface area (Å²) < 4.78 is 16.9. The van der Waals surface area contributed by atoms with E-state index in [1.807, 2.05) is 45.0 Å². The second-order valence-corrected chi connectivity index (χ2v) is 4.16. The van der Waals surface area contributed by atoms with Gasteiger partial charge in [-0.3, -0.25) is 0 Å². The molecule has 1 fully saturated rings. The Hall–Kier alpha value is -1.32. The molecule has 0 aliphatic carbocycles. The zero-order chi connectivity index (χ0) is 12.3. The van der Waals surface area contributed by atoms with E-state index < -0.39 is 5.79 Å². The van der Waals surface area contributed by atoms with E-state index >= 15 is 0 Å². The molecule has 1 aliphatic heterocycles. The lowest BCUT2D eigenvalue weighted by molar-refractivity contribution is -0.150. The maximum atomic E-state index is 5.67. The molecular weight excluding hydrogens is 216 g/mol. The van der Waals surface area contributed by atoms with Crippen LogP contribution >= 0.6 is 0 Å². The van der Waals surface area contributed by atoms with Crippen molar-refractivity contribution in [3.63, 3.8) is 0 Å². The van der Waals surface area contributed by atoms with Gasteiger partial charge in [-0.15, -0.1) is 0 Å². The second kappa shape index (κ2) is 4.90. The first-order chi connectivity index (χ1) is 8.17. The molecule has 3 heteroatoms. The van der Waals surface area contributed by atoms with E-state index in [4.69, 9.17) is 14.2 Å². The largest absolute Gasteiger partial charge is 0.465 e. The first-order valence-corrected chi connectivity index (χ1v) is 5.83. The second-order valence-electron chi connectivity index (χ2n) is 4.16. The summed E-state index contributed by atoms with van der Waals surface area (Å²) >= 11 is 0. The molecule has 0 bridgehead atoms. The lowest BCUT2D eigenvalue weighted by Crippen LogP contribution is -2.23. The Balaban J connectivity index is 2.34. The topological polar surface area (TPSA) is 27.7 Å². The van der Waals surface area contributed by atoms with E-state index in [1.54, 1.807) is 6.26 Å². The molecule has 92 valence electrons. The van der Waals surface area contributed by atoms with Crippen LogP contribution < -0.4 is 4.74 Å². The summed E-state index contributed by atoms with van der Waals surface area (Å²) in [6.07, 6.45) is 3.53. The third-order valence-electron chi connectivity index (χ3n) is 2.94. The van der Waals surface area contributed by atoms with Crippen LogP contribution in [0, 0.1) is 6.92 Å². The standard InChI is InChI=1S/C14H18O3/c1-4-8-15-13-7-5-6-12(11(13)2)14(3)16-9-10-17-14/h4-8H,9-10H2,1-3H3. The fraction of sp³-hybridized carbons (Fsp3) is 0.429. The Morgan fingerprint density at radius 2 is 2.00 bits per heavy atom. The maximum absolute atomic E-state index is 5.67. The van der Waals surface area contributed by atoms with Crippen molar-refractivity contribution < 1.29 is 14.2 Å². The zero-order valence-electron chi connectivity index (χ0n) is 10.5. The Bertz CT molecular complexity index is 417. The highest BCUT2D eigenvalue weighted by Gasteiger charge is 2.34. The molecular formula is C14H18O3. The van der Waals surface area contributed by atoms with E-state index in [9.17, 15) is 0 Å². The minimum Gasteiger partial charge on any atom is -0.465 e. The third kappa shape index (κ3) is 2.35. The molecule has 0 radical (unpaired) electrons. The molecule has 1 heterocycles. The van der Waals surface area contributed by atoms with Gasteiger partial charge >= 0.3 is 0 Å². The van der Waals surface area contributed by atoms with Crippen LogP contribution in [-0.4, -0.2) is 13.2 Å². The average Bonchev–Trinajstić information content (AvgIpc) is 2.76. The van der Waals surface area contributed by atoms with Crippen molar-refractivity contribution in [3.05, 3.63) is 41.7 Å². The van der Waals surface area contributed by atoms with Crippen molar-refractivity contribution in [2.45, 2.75) is 26.6 Å². The highest BCUT2D eigenvalue weighted by molar-refractivity contribution is 5.41. The molecule has 3 nitrogen and oxygen atoms in total. The summed E-state index contributed by atoms with van der Waals surface area (Å²) in [5.41, 5.74) is 2.08. The molecule has 0 unspecified atom stereocenters. The van der Waals surface area contributed by atoms with Gasteiger partial charge in [-0.25, -0.2) is 0 Å². The van der Waals surface area contributed by atoms with Gasteiger partial charge in [-0.2, -0.15) is 0 Å². The van der Waals surface area contributed by atoms with Gasteiger partial charge in [0.05, 0.1) is 19.5 Å². The fourth-order valence-corrected chi connectivity index (χ4v) is 2.05. The van der Waals surface area contributed by atoms with Crippen LogP contribution in [0.4, 0.5) is 0 Å². The lowest BCUT2D eigenvalue weighted by atomic mass is 10.0. The summed E-state index contributed by atoms with van der Waals surface area (Å²) in [5.74, 6) is 0.195. The van der Waals surface area contributed by atoms with Crippen LogP contribution in [0.25, 0.3) is 0 Å². The van der Waals surface area contributed by atoms with Gasteiger partial charge in [-0.05, 0) is 26.8 Å². The van der Waals surface area contributed by atoms with Crippen molar-refractivity contribution in [2.75, 3.05) is 13.2 Å². The monoisotopic (exact) mass is 234 g/mol. The van der Waals surface area contributed by atoms with Crippen molar-refractivity contribution in [3.8, 4) is 5.75 Å². The number of hydrogen-bond donors (Lipinski definition) is 0. The molecule has 1 aromatic carbocycles. The third-order valence-corrected chi connectivity index (χ3v) is 2.94. The first-order valence-electron chi connectivity index (χ1n) is 5.83. The van der Waals surface area contributed by atoms with Gasteiger partial charge in [0.25, 0.3) is 0 Å². The summed E-state index contributed by atoms with van der Waals surface area (Å²) in [7, 11) is 0. The number of benzene rings is 1. The zero-order valence-corrected chi connectivity index (χ0v) is 10.5. The molecule has 1 saturated heterocycles. The van der Waals surface area contributed by atoms with Gasteiger partial charge in [-0.1, -0.05) is 18.2 Å². The smallest absolute Gasteiger partial charge is 0.192 e. The first kappa shape index (κ1) is 12.1. The number of rotatable bonds is 3. The molecule has 0 atom stereocenters. The molecule has 0 aromatic heterocycles. The molecule has 1 aromatic rings. The van der Waals surface area contributed by atoms with Crippen molar-refractivity contribution in [1.82, 2.24) is 0 Å². The molecule has 17 heavy (non-hydrogen) atoms. The van der Waals surface area contributed by atoms with E-state index in [0.29, 0.717) is 13.2 Å². The van der Waals surface area contributed by atoms with Crippen LogP contribution in [0.15, 0.2) is 30.5 Å². The minimum absolute atomic E-state index is 0.635. The normalized spacial score (nSPS) is 18.8. The number of hydrogen-bond acceptors (Lipinski definition) is 3. The summed E-state index contributed by atoms with van der Waals surface area (Å²) in [6.45, 7) is 7.15. The molecule has 0 saturated carbocycles. The summed E-state index contributed by atoms with van der Waals surface area (Å²) in [5, 5.41) is 0. The maximum Gasteiger partial charge on any atom is 0.192 e. The molecule has 2 rings (SSSR count). The number of allylic oxidation sites excluding steroid dienone is 1. The Kier molecular flexibility index (Phi) is 3.50. The van der Waals surface area contributed by atoms with Gasteiger partial charge in [0, 0.05) is 11.1 Å². The number of ether oxygens (including phenoxy) is 3. The average molecular weight is 234 g/mol. The molecule has 0 spiro atoms. The highest BCUT2D eigenvalue weighted by atomic mass is 16.7. The van der Waals surface area contributed by atoms with Crippen LogP contribution in [-0.2, 0) is 15.3 Å². The molecule has 1 aliphatic rings. The van der Waals surface area contributed by atoms with Gasteiger partial charge in [0.15, 0.2) is 5.79 Å². The van der Waals surface area contributed by atoms with E-state index in [1.165, 1.54) is 0 Å². The summed E-state index contributed by atoms with van der Waals surface area (Å²) in [6, 6.07) is 5.91. The Labute approximate surface area is 102 Å². The SMILES string of the molecule is CC=COc1cccc(C2(C)OCCO2)c1C. The van der Waals surface area contributed by atoms with Crippen molar-refractivity contribution in [1.29, 1.82) is 0 Å². The van der Waals surface area contributed by atoms with E-state index in [2.05, 4.69) is 0 Å². The van der Waals surface area contributed by atoms with Gasteiger partial charge in [0.2, 0.25) is 0 Å². The molecule has 0 amide bonds. The van der Waals surface area contributed by atoms with Crippen LogP contribution in [0.5, 0.6) is 5.75 Å². The summed E-state index contributed by atoms with van der Waals surface area (Å²) in [4.78, 5) is 0. The fourth-order valence-electron chi connectivity index (χ4n) is 2.05. The predicted octanol–water partition coefficient (Wildman–Crippen LogP) is 3.13. The van der Waals surface area contributed by atoms with Crippen LogP contribution in [0.1, 0.15) is 25.0 Å². The van der Waals surface area contributed by atoms with Crippen LogP contribution in [0.3, 0.4) is 0 Å². The van der Waals surface area contributed by atoms with E-state index in [0.717, 1.165) is 16.9 Å². The lowest BCUT2D eigenvalue weighted by Gasteiger charge is -2.25. The minimum atomic E-state index is -0.640. The van der Waals surface area contributed by atoms with E-state index in [-0.39, 0.29) is 0 Å². The van der Waals surface area contributed by atoms with Gasteiger partial charge in [0.1, 0.15) is 5.75 Å². The van der Waals surface area contributed by atoms with Crippen molar-refractivity contribution in [2.24, 2.45) is 0 Å². The van der Waals surface area contributed by atoms with Gasteiger partial charge < -0.3 is 14.2 Å². The quantitative estimate of drug-likeness (QED) is 0.752. The van der Waals surface area contributed by atoms with Crippen LogP contribution in [0.2, 0.25) is 0 Å². The molecule has 0 N–H and O–H groups in total. The van der Waals surface area contributed by atoms with Crippen molar-refractivity contribution >= 4 is 0 Å². The Morgan fingerprint density at radius 1 is 1.29 bits per heavy atom. The predicted molar refractivity (Wildman–Crippen MR) is 65.9 cm³/mol. The highest BCUT2D eigenvalue weighted by Crippen LogP contribution is 2.36. The Morgan fingerprint density at radius 3 is 2.65 bits per heavy atom.